The smallest absolute Gasteiger partial charge is 0.234 e. The first-order valence-corrected chi connectivity index (χ1v) is 7.22. The zero-order valence-corrected chi connectivity index (χ0v) is 13.4. The Balaban J connectivity index is 4.33. The zero-order chi connectivity index (χ0) is 15.0. The van der Waals surface area contributed by atoms with Crippen LogP contribution in [0.15, 0.2) is 0 Å². The fourth-order valence-corrected chi connectivity index (χ4v) is 2.34. The van der Waals surface area contributed by atoms with Crippen LogP contribution >= 0.6 is 0 Å². The lowest BCUT2D eigenvalue weighted by atomic mass is 10.1. The number of nitrogens with two attached hydrogens (primary N) is 1. The van der Waals surface area contributed by atoms with E-state index >= 15 is 0 Å². The molecule has 3 N–H and O–H groups in total. The van der Waals surface area contributed by atoms with Crippen molar-refractivity contribution >= 4 is 5.91 Å². The monoisotopic (exact) mass is 272 g/mol. The van der Waals surface area contributed by atoms with E-state index in [0.717, 1.165) is 26.1 Å². The van der Waals surface area contributed by atoms with Gasteiger partial charge in [0.05, 0.1) is 6.04 Å². The Hall–Kier alpha value is -0.650. The summed E-state index contributed by atoms with van der Waals surface area (Å²) in [6.45, 7) is 11.3. The van der Waals surface area contributed by atoms with Gasteiger partial charge in [-0.05, 0) is 34.0 Å². The Bertz CT molecular complexity index is 256. The van der Waals surface area contributed by atoms with E-state index in [1.807, 2.05) is 13.8 Å². The maximum absolute atomic E-state index is 11.4. The molecule has 0 saturated heterocycles. The van der Waals surface area contributed by atoms with Crippen LogP contribution in [0.5, 0.6) is 0 Å². The molecule has 0 aromatic heterocycles. The fourth-order valence-electron chi connectivity index (χ4n) is 2.34. The highest BCUT2D eigenvalue weighted by molar-refractivity contribution is 5.79. The summed E-state index contributed by atoms with van der Waals surface area (Å²) in [5, 5.41) is 3.23. The molecule has 114 valence electrons. The molecule has 19 heavy (non-hydrogen) atoms. The normalized spacial score (nSPS) is 15.2. The molecular formula is C14H32N4O. The van der Waals surface area contributed by atoms with Crippen LogP contribution < -0.4 is 11.1 Å². The van der Waals surface area contributed by atoms with Crippen molar-refractivity contribution in [3.63, 3.8) is 0 Å². The molecule has 0 radical (unpaired) electrons. The van der Waals surface area contributed by atoms with E-state index in [-0.39, 0.29) is 18.0 Å². The van der Waals surface area contributed by atoms with Crippen molar-refractivity contribution in [3.8, 4) is 0 Å². The maximum Gasteiger partial charge on any atom is 0.234 e. The average Bonchev–Trinajstić information content (AvgIpc) is 2.26. The second-order valence-corrected chi connectivity index (χ2v) is 5.80. The summed E-state index contributed by atoms with van der Waals surface area (Å²) in [5.74, 6) is -0.259. The second-order valence-electron chi connectivity index (χ2n) is 5.80. The molecule has 0 saturated carbocycles. The fraction of sp³-hybridized carbons (Fsp3) is 0.929. The molecule has 1 amide bonds. The predicted molar refractivity (Wildman–Crippen MR) is 81.1 cm³/mol. The molecule has 0 aromatic carbocycles. The van der Waals surface area contributed by atoms with Gasteiger partial charge in [-0.15, -0.1) is 0 Å². The van der Waals surface area contributed by atoms with E-state index in [1.54, 1.807) is 0 Å². The molecular weight excluding hydrogens is 240 g/mol. The molecule has 0 aliphatic rings. The summed E-state index contributed by atoms with van der Waals surface area (Å²) in [4.78, 5) is 16.0. The van der Waals surface area contributed by atoms with Crippen LogP contribution in [0.3, 0.4) is 0 Å². The Morgan fingerprint density at radius 3 is 2.21 bits per heavy atom. The first kappa shape index (κ1) is 18.4. The third-order valence-electron chi connectivity index (χ3n) is 3.24. The lowest BCUT2D eigenvalue weighted by Gasteiger charge is -2.31. The van der Waals surface area contributed by atoms with Crippen LogP contribution in [0.4, 0.5) is 0 Å². The van der Waals surface area contributed by atoms with Gasteiger partial charge >= 0.3 is 0 Å². The van der Waals surface area contributed by atoms with Crippen LogP contribution in [0.1, 0.15) is 34.1 Å². The van der Waals surface area contributed by atoms with Crippen molar-refractivity contribution in [2.75, 3.05) is 33.7 Å². The highest BCUT2D eigenvalue weighted by Crippen LogP contribution is 2.04. The number of nitrogens with one attached hydrogen (secondary N) is 1. The lowest BCUT2D eigenvalue weighted by molar-refractivity contribution is -0.120. The Morgan fingerprint density at radius 1 is 1.26 bits per heavy atom. The molecule has 0 rings (SSSR count). The molecule has 0 heterocycles. The lowest BCUT2D eigenvalue weighted by Crippen LogP contribution is -2.48. The molecule has 0 bridgehead atoms. The summed E-state index contributed by atoms with van der Waals surface area (Å²) >= 11 is 0. The van der Waals surface area contributed by atoms with Crippen molar-refractivity contribution in [1.82, 2.24) is 15.1 Å². The van der Waals surface area contributed by atoms with Gasteiger partial charge < -0.3 is 16.0 Å². The number of carbonyl (C=O) groups excluding carboxylic acids is 1. The number of carbonyl (C=O) groups is 1. The van der Waals surface area contributed by atoms with Gasteiger partial charge in [-0.25, -0.2) is 0 Å². The molecule has 2 unspecified atom stereocenters. The van der Waals surface area contributed by atoms with Crippen molar-refractivity contribution in [2.45, 2.75) is 52.2 Å². The Kier molecular flexibility index (Phi) is 8.97. The maximum atomic E-state index is 11.4. The molecule has 0 aliphatic carbocycles. The third kappa shape index (κ3) is 8.18. The Morgan fingerprint density at radius 2 is 1.84 bits per heavy atom. The number of primary amides is 1. The minimum absolute atomic E-state index is 0.236. The minimum Gasteiger partial charge on any atom is -0.368 e. The van der Waals surface area contributed by atoms with E-state index in [4.69, 9.17) is 5.73 Å². The van der Waals surface area contributed by atoms with Gasteiger partial charge in [0.15, 0.2) is 0 Å². The number of amides is 1. The van der Waals surface area contributed by atoms with Gasteiger partial charge in [0, 0.05) is 25.2 Å². The van der Waals surface area contributed by atoms with Crippen LogP contribution in [-0.2, 0) is 4.79 Å². The number of nitrogens with zero attached hydrogens (tertiary/aromatic N) is 2. The quantitative estimate of drug-likeness (QED) is 0.608. The highest BCUT2D eigenvalue weighted by Gasteiger charge is 2.19. The summed E-state index contributed by atoms with van der Waals surface area (Å²) in [6.07, 6.45) is 0.763. The summed E-state index contributed by atoms with van der Waals surface area (Å²) in [5.41, 5.74) is 5.44. The third-order valence-corrected chi connectivity index (χ3v) is 3.24. The molecule has 2 atom stereocenters. The van der Waals surface area contributed by atoms with Gasteiger partial charge in [-0.2, -0.15) is 0 Å². The molecule has 0 fully saturated rings. The molecule has 0 aliphatic heterocycles. The van der Waals surface area contributed by atoms with Crippen molar-refractivity contribution in [3.05, 3.63) is 0 Å². The van der Waals surface area contributed by atoms with E-state index < -0.39 is 0 Å². The molecule has 5 heteroatoms. The van der Waals surface area contributed by atoms with Crippen molar-refractivity contribution in [1.29, 1.82) is 0 Å². The summed E-state index contributed by atoms with van der Waals surface area (Å²) in [6, 6.07) is 0.514. The summed E-state index contributed by atoms with van der Waals surface area (Å²) in [7, 11) is 4.16. The van der Waals surface area contributed by atoms with Crippen LogP contribution in [0.25, 0.3) is 0 Å². The van der Waals surface area contributed by atoms with E-state index in [9.17, 15) is 4.79 Å². The predicted octanol–water partition coefficient (Wildman–Crippen LogP) is 0.500. The number of rotatable bonds is 10. The first-order chi connectivity index (χ1) is 8.77. The topological polar surface area (TPSA) is 61.6 Å². The van der Waals surface area contributed by atoms with Gasteiger partial charge in [0.25, 0.3) is 0 Å². The zero-order valence-electron chi connectivity index (χ0n) is 13.4. The largest absolute Gasteiger partial charge is 0.368 e. The molecule has 5 nitrogen and oxygen atoms in total. The Labute approximate surface area is 118 Å². The van der Waals surface area contributed by atoms with Crippen LogP contribution in [0, 0.1) is 0 Å². The van der Waals surface area contributed by atoms with Gasteiger partial charge in [0.1, 0.15) is 0 Å². The number of hydrogen-bond acceptors (Lipinski definition) is 4. The van der Waals surface area contributed by atoms with Gasteiger partial charge in [0.2, 0.25) is 5.91 Å². The second kappa shape index (κ2) is 9.28. The molecule has 0 aromatic rings. The average molecular weight is 272 g/mol. The van der Waals surface area contributed by atoms with Crippen LogP contribution in [-0.4, -0.2) is 67.6 Å². The van der Waals surface area contributed by atoms with Gasteiger partial charge in [-0.1, -0.05) is 20.8 Å². The van der Waals surface area contributed by atoms with E-state index in [2.05, 4.69) is 43.1 Å². The standard InChI is InChI=1S/C14H32N4O/c1-7-18(12(4)10-17(5)6)9-8-13(14(15)19)16-11(2)3/h11-13,16H,7-10H2,1-6H3,(H2,15,19). The highest BCUT2D eigenvalue weighted by atomic mass is 16.1. The number of likely N-dealkylation sites (N-methyl/N-ethyl adjacent to an activating group) is 2. The number of hydrogen-bond donors (Lipinski definition) is 2. The first-order valence-electron chi connectivity index (χ1n) is 7.22. The minimum atomic E-state index is -0.259. The van der Waals surface area contributed by atoms with Crippen LogP contribution in [0.2, 0.25) is 0 Å². The van der Waals surface area contributed by atoms with Gasteiger partial charge in [-0.3, -0.25) is 9.69 Å². The molecule has 0 spiro atoms. The van der Waals surface area contributed by atoms with E-state index in [0.29, 0.717) is 6.04 Å². The summed E-state index contributed by atoms with van der Waals surface area (Å²) < 4.78 is 0. The van der Waals surface area contributed by atoms with Crippen molar-refractivity contribution < 1.29 is 4.79 Å². The van der Waals surface area contributed by atoms with E-state index in [1.165, 1.54) is 0 Å². The SMILES string of the molecule is CCN(CCC(NC(C)C)C(N)=O)C(C)CN(C)C. The van der Waals surface area contributed by atoms with Crippen molar-refractivity contribution in [2.24, 2.45) is 5.73 Å².